The maximum absolute atomic E-state index is 11.9. The van der Waals surface area contributed by atoms with Crippen LogP contribution in [0.3, 0.4) is 0 Å². The van der Waals surface area contributed by atoms with Crippen LogP contribution in [0, 0.1) is 0 Å². The van der Waals surface area contributed by atoms with Crippen molar-refractivity contribution < 1.29 is 14.6 Å². The molecule has 5 nitrogen and oxygen atoms in total. The van der Waals surface area contributed by atoms with Crippen LogP contribution in [0.5, 0.6) is 5.75 Å². The molecule has 1 aromatic carbocycles. The molecule has 1 saturated heterocycles. The Morgan fingerprint density at radius 3 is 2.89 bits per heavy atom. The number of rotatable bonds is 4. The first-order valence-corrected chi connectivity index (χ1v) is 6.61. The van der Waals surface area contributed by atoms with Crippen LogP contribution in [0.15, 0.2) is 18.2 Å². The Hall–Kier alpha value is -1.30. The van der Waals surface area contributed by atoms with E-state index in [9.17, 15) is 9.90 Å². The molecule has 0 saturated carbocycles. The number of ether oxygens (including phenoxy) is 1. The molecule has 1 aliphatic rings. The van der Waals surface area contributed by atoms with Crippen LogP contribution in [0.1, 0.15) is 10.4 Å². The van der Waals surface area contributed by atoms with Gasteiger partial charge in [-0.2, -0.15) is 0 Å². The van der Waals surface area contributed by atoms with Crippen molar-refractivity contribution in [1.29, 1.82) is 0 Å². The number of hydrogen-bond donors (Lipinski definition) is 2. The molecule has 104 valence electrons. The van der Waals surface area contributed by atoms with E-state index in [0.717, 1.165) is 32.8 Å². The Labute approximate surface area is 117 Å². The lowest BCUT2D eigenvalue weighted by Gasteiger charge is -2.26. The molecule has 0 aromatic heterocycles. The van der Waals surface area contributed by atoms with Crippen LogP contribution in [0.25, 0.3) is 0 Å². The van der Waals surface area contributed by atoms with Crippen LogP contribution < -0.4 is 5.32 Å². The van der Waals surface area contributed by atoms with Crippen molar-refractivity contribution in [3.8, 4) is 5.75 Å². The maximum atomic E-state index is 11.9. The third-order valence-electron chi connectivity index (χ3n) is 3.01. The zero-order valence-electron chi connectivity index (χ0n) is 10.6. The second-order valence-electron chi connectivity index (χ2n) is 4.37. The average Bonchev–Trinajstić information content (AvgIpc) is 2.42. The lowest BCUT2D eigenvalue weighted by atomic mass is 10.2. The van der Waals surface area contributed by atoms with Gasteiger partial charge in [0.2, 0.25) is 0 Å². The van der Waals surface area contributed by atoms with Crippen LogP contribution in [0.2, 0.25) is 5.02 Å². The monoisotopic (exact) mass is 284 g/mol. The minimum Gasteiger partial charge on any atom is -0.508 e. The summed E-state index contributed by atoms with van der Waals surface area (Å²) in [6.45, 7) is 4.60. The Morgan fingerprint density at radius 2 is 2.16 bits per heavy atom. The first-order valence-electron chi connectivity index (χ1n) is 6.23. The van der Waals surface area contributed by atoms with Gasteiger partial charge in [-0.25, -0.2) is 0 Å². The molecule has 6 heteroatoms. The number of morpholine rings is 1. The summed E-state index contributed by atoms with van der Waals surface area (Å²) < 4.78 is 5.25. The molecular formula is C13H17ClN2O3. The summed E-state index contributed by atoms with van der Waals surface area (Å²) in [5.41, 5.74) is 0.295. The van der Waals surface area contributed by atoms with Gasteiger partial charge in [0.25, 0.3) is 5.91 Å². The van der Waals surface area contributed by atoms with Gasteiger partial charge in [0.05, 0.1) is 23.8 Å². The van der Waals surface area contributed by atoms with Crippen molar-refractivity contribution in [2.75, 3.05) is 39.4 Å². The highest BCUT2D eigenvalue weighted by Crippen LogP contribution is 2.20. The molecule has 0 aliphatic carbocycles. The van der Waals surface area contributed by atoms with E-state index in [1.54, 1.807) is 0 Å². The first kappa shape index (κ1) is 14.1. The first-order chi connectivity index (χ1) is 9.16. The summed E-state index contributed by atoms with van der Waals surface area (Å²) in [5, 5.41) is 12.5. The second-order valence-corrected chi connectivity index (χ2v) is 4.78. The number of hydrogen-bond acceptors (Lipinski definition) is 4. The largest absolute Gasteiger partial charge is 0.508 e. The minimum absolute atomic E-state index is 0.0303. The summed E-state index contributed by atoms with van der Waals surface area (Å²) in [7, 11) is 0. The third kappa shape index (κ3) is 4.09. The van der Waals surface area contributed by atoms with Gasteiger partial charge in [0.15, 0.2) is 0 Å². The molecule has 1 heterocycles. The number of phenols is 1. The highest BCUT2D eigenvalue weighted by Gasteiger charge is 2.13. The molecular weight excluding hydrogens is 268 g/mol. The van der Waals surface area contributed by atoms with Crippen molar-refractivity contribution in [2.45, 2.75) is 0 Å². The van der Waals surface area contributed by atoms with E-state index in [0.29, 0.717) is 17.1 Å². The minimum atomic E-state index is -0.269. The van der Waals surface area contributed by atoms with Gasteiger partial charge in [-0.05, 0) is 18.2 Å². The summed E-state index contributed by atoms with van der Waals surface area (Å²) >= 11 is 5.92. The normalized spacial score (nSPS) is 16.3. The number of aromatic hydroxyl groups is 1. The molecule has 19 heavy (non-hydrogen) atoms. The van der Waals surface area contributed by atoms with Crippen molar-refractivity contribution >= 4 is 17.5 Å². The molecule has 1 amide bonds. The predicted octanol–water partition coefficient (Wildman–Crippen LogP) is 1.11. The summed E-state index contributed by atoms with van der Waals surface area (Å²) in [5.74, 6) is -0.239. The Balaban J connectivity index is 1.82. The fourth-order valence-electron chi connectivity index (χ4n) is 1.93. The standard InChI is InChI=1S/C13H17ClN2O3/c14-12-2-1-10(17)9-11(12)13(18)15-3-4-16-5-7-19-8-6-16/h1-2,9,17H,3-8H2,(H,15,18). The molecule has 0 unspecified atom stereocenters. The number of nitrogens with zero attached hydrogens (tertiary/aromatic N) is 1. The Bertz CT molecular complexity index is 448. The fraction of sp³-hybridized carbons (Fsp3) is 0.462. The molecule has 2 rings (SSSR count). The zero-order valence-corrected chi connectivity index (χ0v) is 11.3. The number of halogens is 1. The molecule has 1 aromatic rings. The number of benzene rings is 1. The van der Waals surface area contributed by atoms with Crippen LogP contribution in [0.4, 0.5) is 0 Å². The predicted molar refractivity (Wildman–Crippen MR) is 72.7 cm³/mol. The van der Waals surface area contributed by atoms with E-state index in [1.807, 2.05) is 0 Å². The Kier molecular flexibility index (Phi) is 5.01. The zero-order chi connectivity index (χ0) is 13.7. The number of carbonyl (C=O) groups excluding carboxylic acids is 1. The summed E-state index contributed by atoms with van der Waals surface area (Å²) in [6, 6.07) is 4.33. The average molecular weight is 285 g/mol. The van der Waals surface area contributed by atoms with Gasteiger partial charge in [-0.15, -0.1) is 0 Å². The van der Waals surface area contributed by atoms with Crippen LogP contribution >= 0.6 is 11.6 Å². The van der Waals surface area contributed by atoms with E-state index in [1.165, 1.54) is 18.2 Å². The lowest BCUT2D eigenvalue weighted by Crippen LogP contribution is -2.41. The van der Waals surface area contributed by atoms with Gasteiger partial charge in [-0.1, -0.05) is 11.6 Å². The molecule has 0 atom stereocenters. The van der Waals surface area contributed by atoms with Gasteiger partial charge in [-0.3, -0.25) is 9.69 Å². The van der Waals surface area contributed by atoms with E-state index in [-0.39, 0.29) is 11.7 Å². The van der Waals surface area contributed by atoms with E-state index in [4.69, 9.17) is 16.3 Å². The smallest absolute Gasteiger partial charge is 0.252 e. The molecule has 0 bridgehead atoms. The van der Waals surface area contributed by atoms with E-state index < -0.39 is 0 Å². The third-order valence-corrected chi connectivity index (χ3v) is 3.34. The number of carbonyl (C=O) groups is 1. The summed E-state index contributed by atoms with van der Waals surface area (Å²) in [6.07, 6.45) is 0. The highest BCUT2D eigenvalue weighted by atomic mass is 35.5. The maximum Gasteiger partial charge on any atom is 0.252 e. The molecule has 1 fully saturated rings. The molecule has 2 N–H and O–H groups in total. The topological polar surface area (TPSA) is 61.8 Å². The number of phenolic OH excluding ortho intramolecular Hbond substituents is 1. The number of nitrogens with one attached hydrogen (secondary N) is 1. The van der Waals surface area contributed by atoms with E-state index >= 15 is 0 Å². The van der Waals surface area contributed by atoms with Crippen molar-refractivity contribution in [3.63, 3.8) is 0 Å². The van der Waals surface area contributed by atoms with Gasteiger partial charge in [0.1, 0.15) is 5.75 Å². The van der Waals surface area contributed by atoms with E-state index in [2.05, 4.69) is 10.2 Å². The van der Waals surface area contributed by atoms with Crippen molar-refractivity contribution in [1.82, 2.24) is 10.2 Å². The molecule has 0 spiro atoms. The van der Waals surface area contributed by atoms with Gasteiger partial charge in [0, 0.05) is 26.2 Å². The van der Waals surface area contributed by atoms with Gasteiger partial charge < -0.3 is 15.2 Å². The van der Waals surface area contributed by atoms with Gasteiger partial charge >= 0.3 is 0 Å². The quantitative estimate of drug-likeness (QED) is 0.869. The fourth-order valence-corrected chi connectivity index (χ4v) is 2.14. The number of amides is 1. The van der Waals surface area contributed by atoms with Crippen molar-refractivity contribution in [3.05, 3.63) is 28.8 Å². The van der Waals surface area contributed by atoms with Crippen LogP contribution in [-0.2, 0) is 4.74 Å². The van der Waals surface area contributed by atoms with Crippen molar-refractivity contribution in [2.24, 2.45) is 0 Å². The highest BCUT2D eigenvalue weighted by molar-refractivity contribution is 6.33. The molecule has 1 aliphatic heterocycles. The summed E-state index contributed by atoms with van der Waals surface area (Å²) in [4.78, 5) is 14.1. The SMILES string of the molecule is O=C(NCCN1CCOCC1)c1cc(O)ccc1Cl. The second kappa shape index (κ2) is 6.75. The van der Waals surface area contributed by atoms with Crippen LogP contribution in [-0.4, -0.2) is 55.3 Å². The Morgan fingerprint density at radius 1 is 1.42 bits per heavy atom. The lowest BCUT2D eigenvalue weighted by molar-refractivity contribution is 0.0383. The molecule has 0 radical (unpaired) electrons.